The van der Waals surface area contributed by atoms with Crippen molar-refractivity contribution >= 4 is 53.5 Å². The van der Waals surface area contributed by atoms with Gasteiger partial charge in [0.1, 0.15) is 0 Å². The first-order valence-corrected chi connectivity index (χ1v) is 29.8. The van der Waals surface area contributed by atoms with Crippen LogP contribution in [-0.2, 0) is 23.3 Å². The summed E-state index contributed by atoms with van der Waals surface area (Å²) in [6.07, 6.45) is 0. The minimum Gasteiger partial charge on any atom is -0.165 e. The molecule has 0 aromatic heterocycles. The van der Waals surface area contributed by atoms with Crippen LogP contribution in [0.5, 0.6) is 0 Å². The third-order valence-corrected chi connectivity index (χ3v) is 12.6. The molecule has 236 valence electrons. The molecular formula is C42H52Si3Zr. The summed E-state index contributed by atoms with van der Waals surface area (Å²) in [5.74, 6) is 0.578. The first-order valence-electron chi connectivity index (χ1n) is 16.6. The first-order chi connectivity index (χ1) is 21.5. The molecule has 0 atom stereocenters. The minimum atomic E-state index is -1.22. The zero-order valence-electron chi connectivity index (χ0n) is 30.0. The second kappa shape index (κ2) is 15.2. The number of benzene rings is 4. The van der Waals surface area contributed by atoms with E-state index in [1.807, 2.05) is 0 Å². The molecule has 0 amide bonds. The van der Waals surface area contributed by atoms with Gasteiger partial charge in [-0.15, -0.1) is 69.1 Å². The van der Waals surface area contributed by atoms with Crippen LogP contribution >= 0.6 is 0 Å². The molecule has 0 N–H and O–H groups in total. The minimum absolute atomic E-state index is 0.210. The summed E-state index contributed by atoms with van der Waals surface area (Å²) in [4.78, 5) is 0. The maximum Gasteiger partial charge on any atom is 0.0775 e. The molecule has 0 radical (unpaired) electrons. The molecule has 0 saturated heterocycles. The molecule has 0 aliphatic carbocycles. The summed E-state index contributed by atoms with van der Waals surface area (Å²) < 4.78 is 0. The van der Waals surface area contributed by atoms with Crippen molar-refractivity contribution < 1.29 is 23.3 Å². The van der Waals surface area contributed by atoms with Gasteiger partial charge in [0.05, 0.1) is 16.1 Å². The van der Waals surface area contributed by atoms with E-state index in [1.165, 1.54) is 65.3 Å². The van der Waals surface area contributed by atoms with Crippen LogP contribution in [0.1, 0.15) is 30.9 Å². The van der Waals surface area contributed by atoms with Gasteiger partial charge in [0.2, 0.25) is 0 Å². The number of rotatable bonds is 5. The molecule has 0 bridgehead atoms. The number of hydrogen-bond donors (Lipinski definition) is 0. The molecule has 6 aromatic carbocycles. The first kappa shape index (κ1) is 36.5. The van der Waals surface area contributed by atoms with Crippen molar-refractivity contribution in [2.75, 3.05) is 0 Å². The van der Waals surface area contributed by atoms with Crippen LogP contribution in [0.3, 0.4) is 0 Å². The van der Waals surface area contributed by atoms with Crippen molar-refractivity contribution in [2.45, 2.75) is 79.1 Å². The Balaban J connectivity index is 0.000000188. The van der Waals surface area contributed by atoms with Crippen molar-refractivity contribution in [3.05, 3.63) is 120 Å². The third-order valence-electron chi connectivity index (χ3n) is 8.46. The van der Waals surface area contributed by atoms with Gasteiger partial charge >= 0.3 is 41.9 Å². The van der Waals surface area contributed by atoms with Crippen LogP contribution in [-0.4, -0.2) is 21.6 Å². The molecule has 4 heteroatoms. The maximum atomic E-state index is 2.40. The molecule has 0 unspecified atom stereocenters. The Kier molecular flexibility index (Phi) is 12.1. The topological polar surface area (TPSA) is 0 Å². The molecule has 0 nitrogen and oxygen atoms in total. The monoisotopic (exact) mass is 730 g/mol. The van der Waals surface area contributed by atoms with E-state index in [9.17, 15) is 0 Å². The van der Waals surface area contributed by atoms with Gasteiger partial charge in [-0.1, -0.05) is 142 Å². The fourth-order valence-corrected chi connectivity index (χ4v) is 8.11. The molecule has 6 rings (SSSR count). The van der Waals surface area contributed by atoms with E-state index in [2.05, 4.69) is 182 Å². The van der Waals surface area contributed by atoms with Crippen LogP contribution in [0.2, 0.25) is 52.4 Å². The van der Waals surface area contributed by atoms with Crippen molar-refractivity contribution in [3.63, 3.8) is 0 Å². The van der Waals surface area contributed by atoms with E-state index in [4.69, 9.17) is 0 Å². The fourth-order valence-electron chi connectivity index (χ4n) is 5.78. The Bertz CT molecular complexity index is 1900. The van der Waals surface area contributed by atoms with Crippen molar-refractivity contribution in [2.24, 2.45) is 0 Å². The van der Waals surface area contributed by atoms with E-state index in [0.717, 1.165) is 0 Å². The third kappa shape index (κ3) is 9.37. The maximum absolute atomic E-state index is 2.40. The van der Waals surface area contributed by atoms with Crippen LogP contribution < -0.4 is 10.4 Å². The van der Waals surface area contributed by atoms with Gasteiger partial charge in [0, 0.05) is 0 Å². The normalized spacial score (nSPS) is 11.7. The summed E-state index contributed by atoms with van der Waals surface area (Å²) in [5, 5.41) is 8.49. The fraction of sp³-hybridized carbons (Fsp3) is 0.286. The summed E-state index contributed by atoms with van der Waals surface area (Å²) >= 11 is 1.74. The number of aryl methyl sites for hydroxylation is 1. The smallest absolute Gasteiger partial charge is 0.0775 e. The molecule has 46 heavy (non-hydrogen) atoms. The van der Waals surface area contributed by atoms with Gasteiger partial charge in [-0.3, -0.25) is 0 Å². The SMILES string of the molecule is CC(C)c1cc2c(-c3ccc([Si](C)(C)C)cc3)cccc2[cH-]1.C[Si](C)=[Zr+2].Cc1cc2c(-c3ccc([Si](C)(C)C)cc3)cccc2[cH-]1. The molecule has 6 aromatic rings. The van der Waals surface area contributed by atoms with E-state index < -0.39 is 16.1 Å². The van der Waals surface area contributed by atoms with Gasteiger partial charge < -0.3 is 0 Å². The quantitative estimate of drug-likeness (QED) is 0.122. The van der Waals surface area contributed by atoms with Gasteiger partial charge in [-0.25, -0.2) is 0 Å². The zero-order valence-corrected chi connectivity index (χ0v) is 35.4. The van der Waals surface area contributed by atoms with E-state index >= 15 is 0 Å². The Morgan fingerprint density at radius 1 is 0.587 bits per heavy atom. The molecule has 0 aliphatic heterocycles. The van der Waals surface area contributed by atoms with E-state index in [1.54, 1.807) is 23.3 Å². The Morgan fingerprint density at radius 3 is 1.37 bits per heavy atom. The average Bonchev–Trinajstić information content (AvgIpc) is 3.59. The molecular weight excluding hydrogens is 680 g/mol. The van der Waals surface area contributed by atoms with Crippen LogP contribution in [0.25, 0.3) is 43.8 Å². The van der Waals surface area contributed by atoms with Crippen molar-refractivity contribution in [1.29, 1.82) is 0 Å². The Morgan fingerprint density at radius 2 is 0.978 bits per heavy atom. The Hall–Kier alpha value is -2.37. The molecule has 0 saturated carbocycles. The summed E-state index contributed by atoms with van der Waals surface area (Å²) in [5.41, 5.74) is 8.33. The number of hydrogen-bond acceptors (Lipinski definition) is 0. The van der Waals surface area contributed by atoms with Gasteiger partial charge in [0.25, 0.3) is 0 Å². The van der Waals surface area contributed by atoms with Crippen LogP contribution in [0, 0.1) is 6.92 Å². The van der Waals surface area contributed by atoms with Gasteiger partial charge in [-0.2, -0.15) is 12.1 Å². The van der Waals surface area contributed by atoms with E-state index in [0.29, 0.717) is 5.92 Å². The molecule has 0 aliphatic rings. The molecule has 0 spiro atoms. The second-order valence-corrected chi connectivity index (χ2v) is 34.8. The zero-order chi connectivity index (χ0) is 33.8. The predicted molar refractivity (Wildman–Crippen MR) is 212 cm³/mol. The predicted octanol–water partition coefficient (Wildman–Crippen LogP) is 11.8. The van der Waals surface area contributed by atoms with Crippen molar-refractivity contribution in [3.8, 4) is 22.3 Å². The standard InChI is InChI=1S/C21H25Si.C19H21Si.C2H6Si.Zr/c1-15(2)18-13-17-7-6-8-20(21(17)14-18)16-9-11-19(12-10-16)22(3,4)5;1-14-12-16-6-5-7-18(19(16)13-14)15-8-10-17(11-9-15)20(2,3)4;1-3-2;/h6-15H,1-5H3;5-13H,1-4H3;1-2H3;/q2*-1;;+2. The molecule has 0 fully saturated rings. The number of fused-ring (bicyclic) bond motifs is 2. The Labute approximate surface area is 296 Å². The van der Waals surface area contributed by atoms with Crippen LogP contribution in [0.4, 0.5) is 0 Å². The molecule has 0 heterocycles. The second-order valence-electron chi connectivity index (χ2n) is 15.2. The van der Waals surface area contributed by atoms with Crippen molar-refractivity contribution in [1.82, 2.24) is 0 Å². The summed E-state index contributed by atoms with van der Waals surface area (Å²) in [6.45, 7) is 25.7. The largest absolute Gasteiger partial charge is 0.165 e. The van der Waals surface area contributed by atoms with Crippen LogP contribution in [0.15, 0.2) is 109 Å². The summed E-state index contributed by atoms with van der Waals surface area (Å²) in [6, 6.07) is 40.9. The van der Waals surface area contributed by atoms with E-state index in [-0.39, 0.29) is 5.43 Å². The summed E-state index contributed by atoms with van der Waals surface area (Å²) in [7, 11) is -2.43. The van der Waals surface area contributed by atoms with Gasteiger partial charge in [0.15, 0.2) is 0 Å². The average molecular weight is 732 g/mol. The van der Waals surface area contributed by atoms with Gasteiger partial charge in [-0.05, 0) is 17.0 Å².